The summed E-state index contributed by atoms with van der Waals surface area (Å²) in [7, 11) is 0. The van der Waals surface area contributed by atoms with Gasteiger partial charge in [-0.15, -0.1) is 0 Å². The van der Waals surface area contributed by atoms with Gasteiger partial charge in [-0.1, -0.05) is 35.3 Å². The van der Waals surface area contributed by atoms with Crippen LogP contribution in [-0.2, 0) is 14.4 Å². The number of fused-ring (bicyclic) bond motifs is 1. The number of carbonyl (C=O) groups excluding carboxylic acids is 3. The van der Waals surface area contributed by atoms with Gasteiger partial charge in [-0.25, -0.2) is 0 Å². The predicted octanol–water partition coefficient (Wildman–Crippen LogP) is 2.43. The lowest BCUT2D eigenvalue weighted by Crippen LogP contribution is -2.72. The molecule has 8 nitrogen and oxygen atoms in total. The molecule has 0 bridgehead atoms. The zero-order chi connectivity index (χ0) is 22.1. The summed E-state index contributed by atoms with van der Waals surface area (Å²) in [5, 5.41) is 15.4. The number of piperidine rings is 1. The quantitative estimate of drug-likeness (QED) is 0.480. The maximum Gasteiger partial charge on any atom is 0.229 e. The van der Waals surface area contributed by atoms with Gasteiger partial charge in [0, 0.05) is 17.1 Å². The Labute approximate surface area is 189 Å². The Balaban J connectivity index is 1.49. The van der Waals surface area contributed by atoms with E-state index in [0.717, 1.165) is 5.56 Å². The van der Waals surface area contributed by atoms with E-state index in [1.807, 2.05) is 25.1 Å². The molecule has 2 fully saturated rings. The van der Waals surface area contributed by atoms with Gasteiger partial charge in [0.05, 0.1) is 28.7 Å². The molecule has 31 heavy (non-hydrogen) atoms. The monoisotopic (exact) mass is 461 g/mol. The number of carbonyl (C=O) groups is 3. The Morgan fingerprint density at radius 1 is 1.10 bits per heavy atom. The summed E-state index contributed by atoms with van der Waals surface area (Å²) >= 11 is 12.1. The fraction of sp³-hybridized carbons (Fsp3) is 0.286. The average molecular weight is 462 g/mol. The first kappa shape index (κ1) is 21.4. The third-order valence-corrected chi connectivity index (χ3v) is 5.85. The van der Waals surface area contributed by atoms with Crippen molar-refractivity contribution in [1.29, 1.82) is 0 Å². The van der Waals surface area contributed by atoms with Crippen molar-refractivity contribution in [2.45, 2.75) is 25.8 Å². The van der Waals surface area contributed by atoms with Crippen LogP contribution in [-0.4, -0.2) is 30.2 Å². The van der Waals surface area contributed by atoms with Crippen LogP contribution in [0.2, 0.25) is 10.0 Å². The molecule has 0 radical (unpaired) electrons. The minimum Gasteiger partial charge on any atom is -0.352 e. The summed E-state index contributed by atoms with van der Waals surface area (Å²) in [6.45, 7) is 1.92. The number of anilines is 2. The Hall–Kier alpha value is -2.81. The molecule has 2 aromatic carbocycles. The third-order valence-electron chi connectivity index (χ3n) is 5.30. The first-order chi connectivity index (χ1) is 14.8. The van der Waals surface area contributed by atoms with Crippen molar-refractivity contribution >= 4 is 52.3 Å². The highest BCUT2D eigenvalue weighted by Crippen LogP contribution is 2.29. The lowest BCUT2D eigenvalue weighted by molar-refractivity contribution is -0.144. The number of rotatable bonds is 4. The van der Waals surface area contributed by atoms with Crippen LogP contribution in [0.25, 0.3) is 0 Å². The first-order valence-electron chi connectivity index (χ1n) is 9.75. The van der Waals surface area contributed by atoms with E-state index < -0.39 is 24.3 Å². The number of hydrogen-bond donors (Lipinski definition) is 5. The van der Waals surface area contributed by atoms with Crippen LogP contribution in [0, 0.1) is 18.8 Å². The predicted molar refractivity (Wildman–Crippen MR) is 118 cm³/mol. The Morgan fingerprint density at radius 2 is 1.90 bits per heavy atom. The van der Waals surface area contributed by atoms with E-state index in [-0.39, 0.29) is 24.1 Å². The van der Waals surface area contributed by atoms with E-state index in [4.69, 9.17) is 23.2 Å². The van der Waals surface area contributed by atoms with Gasteiger partial charge in [0.2, 0.25) is 17.7 Å². The van der Waals surface area contributed by atoms with Crippen LogP contribution >= 0.6 is 23.2 Å². The van der Waals surface area contributed by atoms with Crippen LogP contribution in [0.5, 0.6) is 0 Å². The van der Waals surface area contributed by atoms with Crippen molar-refractivity contribution < 1.29 is 14.4 Å². The van der Waals surface area contributed by atoms with Crippen molar-refractivity contribution in [3.63, 3.8) is 0 Å². The van der Waals surface area contributed by atoms with E-state index in [0.29, 0.717) is 21.4 Å². The van der Waals surface area contributed by atoms with E-state index >= 15 is 0 Å². The van der Waals surface area contributed by atoms with E-state index in [1.54, 1.807) is 24.3 Å². The number of amides is 3. The van der Waals surface area contributed by atoms with Gasteiger partial charge in [-0.3, -0.25) is 19.7 Å². The zero-order valence-electron chi connectivity index (χ0n) is 16.5. The maximum absolute atomic E-state index is 12.9. The average Bonchev–Trinajstić information content (AvgIpc) is 2.69. The summed E-state index contributed by atoms with van der Waals surface area (Å²) in [5.74, 6) is -2.61. The third kappa shape index (κ3) is 4.76. The number of nitrogens with one attached hydrogen (secondary N) is 5. The summed E-state index contributed by atoms with van der Waals surface area (Å²) in [6.07, 6.45) is -1.49. The minimum absolute atomic E-state index is 0.0744. The van der Waals surface area contributed by atoms with Gasteiger partial charge in [0.1, 0.15) is 0 Å². The Morgan fingerprint density at radius 3 is 2.65 bits per heavy atom. The fourth-order valence-electron chi connectivity index (χ4n) is 3.87. The smallest absolute Gasteiger partial charge is 0.229 e. The highest BCUT2D eigenvalue weighted by molar-refractivity contribution is 6.36. The molecule has 2 saturated heterocycles. The van der Waals surface area contributed by atoms with Gasteiger partial charge in [-0.05, 0) is 42.8 Å². The summed E-state index contributed by atoms with van der Waals surface area (Å²) in [5.41, 5.74) is 2.16. The summed E-state index contributed by atoms with van der Waals surface area (Å²) < 4.78 is 0. The molecule has 2 heterocycles. The summed E-state index contributed by atoms with van der Waals surface area (Å²) in [6, 6.07) is 12.3. The first-order valence-corrected chi connectivity index (χ1v) is 10.5. The van der Waals surface area contributed by atoms with Crippen LogP contribution in [0.15, 0.2) is 42.5 Å². The SMILES string of the molecule is Cc1cccc(NC(=O)C2CC(=O)NC3NC(Nc4ccc(Cl)cc4Cl)NC(=O)C32)c1. The number of hydrogen-bond acceptors (Lipinski definition) is 5. The molecular formula is C21H21Cl2N5O3. The molecule has 4 atom stereocenters. The highest BCUT2D eigenvalue weighted by Gasteiger charge is 2.48. The van der Waals surface area contributed by atoms with Gasteiger partial charge in [-0.2, -0.15) is 0 Å². The molecule has 3 amide bonds. The summed E-state index contributed by atoms with van der Waals surface area (Å²) in [4.78, 5) is 38.1. The molecule has 4 rings (SSSR count). The fourth-order valence-corrected chi connectivity index (χ4v) is 4.34. The van der Waals surface area contributed by atoms with E-state index in [2.05, 4.69) is 26.6 Å². The standard InChI is InChI=1S/C21H21Cl2N5O3/c1-10-3-2-4-12(7-10)24-19(30)13-9-16(29)26-18-17(13)20(31)28-21(27-18)25-15-6-5-11(22)8-14(15)23/h2-8,13,17-18,21,25,27H,9H2,1H3,(H,24,30)(H,26,29)(H,28,31). The molecule has 0 aliphatic carbocycles. The normalized spacial score (nSPS) is 25.1. The molecular weight excluding hydrogens is 441 g/mol. The van der Waals surface area contributed by atoms with Crippen molar-refractivity contribution in [1.82, 2.24) is 16.0 Å². The van der Waals surface area contributed by atoms with Crippen LogP contribution in [0.3, 0.4) is 0 Å². The van der Waals surface area contributed by atoms with E-state index in [1.165, 1.54) is 0 Å². The van der Waals surface area contributed by atoms with Gasteiger partial charge < -0.3 is 21.3 Å². The molecule has 2 aromatic rings. The van der Waals surface area contributed by atoms with E-state index in [9.17, 15) is 14.4 Å². The number of halogens is 2. The molecule has 2 aliphatic rings. The Bertz CT molecular complexity index is 1050. The van der Waals surface area contributed by atoms with Crippen molar-refractivity contribution in [2.24, 2.45) is 11.8 Å². The molecule has 0 spiro atoms. The lowest BCUT2D eigenvalue weighted by Gasteiger charge is -2.43. The van der Waals surface area contributed by atoms with Crippen molar-refractivity contribution in [2.75, 3.05) is 10.6 Å². The molecule has 0 aromatic heterocycles. The van der Waals surface area contributed by atoms with Crippen molar-refractivity contribution in [3.05, 3.63) is 58.1 Å². The number of benzene rings is 2. The molecule has 2 aliphatic heterocycles. The van der Waals surface area contributed by atoms with Gasteiger partial charge in [0.25, 0.3) is 0 Å². The Kier molecular flexibility index (Phi) is 6.04. The molecule has 0 saturated carbocycles. The van der Waals surface area contributed by atoms with Crippen LogP contribution < -0.4 is 26.6 Å². The molecule has 10 heteroatoms. The van der Waals surface area contributed by atoms with Crippen LogP contribution in [0.1, 0.15) is 12.0 Å². The molecule has 5 N–H and O–H groups in total. The van der Waals surface area contributed by atoms with Gasteiger partial charge in [0.15, 0.2) is 6.29 Å². The minimum atomic E-state index is -0.813. The second-order valence-electron chi connectivity index (χ2n) is 7.62. The van der Waals surface area contributed by atoms with Gasteiger partial charge >= 0.3 is 0 Å². The second-order valence-corrected chi connectivity index (χ2v) is 8.46. The zero-order valence-corrected chi connectivity index (χ0v) is 18.1. The molecule has 4 unspecified atom stereocenters. The maximum atomic E-state index is 12.9. The second kappa shape index (κ2) is 8.74. The topological polar surface area (TPSA) is 111 Å². The van der Waals surface area contributed by atoms with Crippen molar-refractivity contribution in [3.8, 4) is 0 Å². The van der Waals surface area contributed by atoms with Crippen LogP contribution in [0.4, 0.5) is 11.4 Å². The largest absolute Gasteiger partial charge is 0.352 e. The highest BCUT2D eigenvalue weighted by atomic mass is 35.5. The molecule has 162 valence electrons. The lowest BCUT2D eigenvalue weighted by atomic mass is 9.81. The number of aryl methyl sites for hydroxylation is 1.